The number of hydrogen-bond donors (Lipinski definition) is 2. The summed E-state index contributed by atoms with van der Waals surface area (Å²) in [5, 5.41) is 12.2. The number of carboxylic acid groups (broad SMARTS) is 1. The van der Waals surface area contributed by atoms with Crippen LogP contribution in [0.3, 0.4) is 0 Å². The molecule has 2 N–H and O–H groups in total. The van der Waals surface area contributed by atoms with Crippen LogP contribution < -0.4 is 5.32 Å². The summed E-state index contributed by atoms with van der Waals surface area (Å²) in [6.07, 6.45) is 8.43. The van der Waals surface area contributed by atoms with E-state index >= 15 is 0 Å². The molecule has 1 aliphatic heterocycles. The first-order valence-electron chi connectivity index (χ1n) is 7.93. The molecule has 0 radical (unpaired) electrons. The van der Waals surface area contributed by atoms with Gasteiger partial charge in [-0.3, -0.25) is 0 Å². The summed E-state index contributed by atoms with van der Waals surface area (Å²) in [6, 6.07) is -0.635. The van der Waals surface area contributed by atoms with Crippen molar-refractivity contribution in [2.24, 2.45) is 5.92 Å². The molecule has 0 spiro atoms. The number of aliphatic carboxylic acids is 1. The van der Waals surface area contributed by atoms with Crippen LogP contribution in [0.15, 0.2) is 0 Å². The Morgan fingerprint density at radius 3 is 2.50 bits per heavy atom. The number of carbonyl (C=O) groups is 2. The number of likely N-dealkylation sites (tertiary alicyclic amines) is 1. The number of rotatable bonds is 4. The summed E-state index contributed by atoms with van der Waals surface area (Å²) in [7, 11) is 0. The fourth-order valence-electron chi connectivity index (χ4n) is 3.60. The second-order valence-corrected chi connectivity index (χ2v) is 6.05. The van der Waals surface area contributed by atoms with Gasteiger partial charge in [-0.05, 0) is 38.0 Å². The van der Waals surface area contributed by atoms with E-state index in [9.17, 15) is 9.59 Å². The van der Waals surface area contributed by atoms with Crippen molar-refractivity contribution >= 4 is 12.0 Å². The highest BCUT2D eigenvalue weighted by atomic mass is 16.4. The first-order valence-corrected chi connectivity index (χ1v) is 7.93. The number of amides is 2. The minimum atomic E-state index is -0.886. The number of carboxylic acids is 1. The van der Waals surface area contributed by atoms with Crippen LogP contribution in [0.4, 0.5) is 4.79 Å². The van der Waals surface area contributed by atoms with Crippen LogP contribution in [-0.2, 0) is 4.79 Å². The molecule has 114 valence electrons. The molecular formula is C15H26N2O3. The van der Waals surface area contributed by atoms with Gasteiger partial charge in [0.25, 0.3) is 0 Å². The molecule has 1 unspecified atom stereocenters. The van der Waals surface area contributed by atoms with E-state index in [2.05, 4.69) is 12.2 Å². The Morgan fingerprint density at radius 1 is 1.20 bits per heavy atom. The van der Waals surface area contributed by atoms with Crippen molar-refractivity contribution < 1.29 is 14.7 Å². The molecule has 0 aromatic heterocycles. The van der Waals surface area contributed by atoms with Crippen molar-refractivity contribution in [2.45, 2.75) is 70.4 Å². The Kier molecular flexibility index (Phi) is 5.26. The number of urea groups is 1. The van der Waals surface area contributed by atoms with E-state index in [1.54, 1.807) is 0 Å². The van der Waals surface area contributed by atoms with Gasteiger partial charge in [0.1, 0.15) is 6.04 Å². The van der Waals surface area contributed by atoms with Gasteiger partial charge in [-0.25, -0.2) is 9.59 Å². The van der Waals surface area contributed by atoms with Crippen molar-refractivity contribution in [2.75, 3.05) is 6.54 Å². The van der Waals surface area contributed by atoms with E-state index in [0.29, 0.717) is 18.9 Å². The first kappa shape index (κ1) is 15.1. The summed E-state index contributed by atoms with van der Waals surface area (Å²) in [4.78, 5) is 25.0. The molecule has 2 aliphatic rings. The monoisotopic (exact) mass is 282 g/mol. The van der Waals surface area contributed by atoms with E-state index in [1.165, 1.54) is 37.0 Å². The lowest BCUT2D eigenvalue weighted by atomic mass is 9.83. The molecular weight excluding hydrogens is 256 g/mol. The van der Waals surface area contributed by atoms with Gasteiger partial charge in [0.05, 0.1) is 0 Å². The predicted octanol–water partition coefficient (Wildman–Crippen LogP) is 2.60. The number of carbonyl (C=O) groups excluding carboxylic acids is 1. The third kappa shape index (κ3) is 3.44. The highest BCUT2D eigenvalue weighted by molar-refractivity contribution is 5.83. The van der Waals surface area contributed by atoms with E-state index in [4.69, 9.17) is 5.11 Å². The largest absolute Gasteiger partial charge is 0.480 e. The molecule has 2 atom stereocenters. The van der Waals surface area contributed by atoms with Crippen LogP contribution in [0.2, 0.25) is 0 Å². The van der Waals surface area contributed by atoms with Gasteiger partial charge in [-0.1, -0.05) is 26.2 Å². The Bertz CT molecular complexity index is 353. The first-order chi connectivity index (χ1) is 9.63. The topological polar surface area (TPSA) is 69.6 Å². The molecule has 1 saturated heterocycles. The van der Waals surface area contributed by atoms with Crippen molar-refractivity contribution in [3.05, 3.63) is 0 Å². The highest BCUT2D eigenvalue weighted by Crippen LogP contribution is 2.28. The molecule has 1 aliphatic carbocycles. The summed E-state index contributed by atoms with van der Waals surface area (Å²) >= 11 is 0. The normalized spacial score (nSPS) is 25.4. The van der Waals surface area contributed by atoms with Gasteiger partial charge < -0.3 is 15.3 Å². The average Bonchev–Trinajstić information content (AvgIpc) is 2.95. The van der Waals surface area contributed by atoms with Crippen LogP contribution in [0.5, 0.6) is 0 Å². The standard InChI is InChI=1S/C15H26N2O3/c1-2-12(11-7-4-3-5-8-11)16-15(20)17-10-6-9-13(17)14(18)19/h11-13H,2-10H2,1H3,(H,16,20)(H,18,19)/t12?,13-/m1/s1. The van der Waals surface area contributed by atoms with E-state index < -0.39 is 12.0 Å². The molecule has 2 amide bonds. The predicted molar refractivity (Wildman–Crippen MR) is 76.5 cm³/mol. The minimum Gasteiger partial charge on any atom is -0.480 e. The molecule has 1 saturated carbocycles. The van der Waals surface area contributed by atoms with Crippen molar-refractivity contribution in [1.82, 2.24) is 10.2 Å². The highest BCUT2D eigenvalue weighted by Gasteiger charge is 2.35. The summed E-state index contributed by atoms with van der Waals surface area (Å²) in [5.74, 6) is -0.327. The second kappa shape index (κ2) is 6.95. The van der Waals surface area contributed by atoms with Gasteiger partial charge in [0.15, 0.2) is 0 Å². The molecule has 2 fully saturated rings. The van der Waals surface area contributed by atoms with Crippen LogP contribution in [-0.4, -0.2) is 40.6 Å². The smallest absolute Gasteiger partial charge is 0.326 e. The maximum Gasteiger partial charge on any atom is 0.326 e. The molecule has 0 bridgehead atoms. The van der Waals surface area contributed by atoms with Gasteiger partial charge in [-0.2, -0.15) is 0 Å². The van der Waals surface area contributed by atoms with Crippen molar-refractivity contribution in [3.63, 3.8) is 0 Å². The zero-order valence-corrected chi connectivity index (χ0v) is 12.3. The lowest BCUT2D eigenvalue weighted by Crippen LogP contribution is -2.50. The summed E-state index contributed by atoms with van der Waals surface area (Å²) < 4.78 is 0. The molecule has 20 heavy (non-hydrogen) atoms. The second-order valence-electron chi connectivity index (χ2n) is 6.05. The van der Waals surface area contributed by atoms with Gasteiger partial charge in [0, 0.05) is 12.6 Å². The minimum absolute atomic E-state index is 0.188. The van der Waals surface area contributed by atoms with Gasteiger partial charge in [-0.15, -0.1) is 0 Å². The molecule has 5 heteroatoms. The average molecular weight is 282 g/mol. The van der Waals surface area contributed by atoms with Gasteiger partial charge in [0.2, 0.25) is 0 Å². The van der Waals surface area contributed by atoms with E-state index in [0.717, 1.165) is 12.8 Å². The Hall–Kier alpha value is -1.26. The van der Waals surface area contributed by atoms with E-state index in [1.807, 2.05) is 0 Å². The van der Waals surface area contributed by atoms with Crippen molar-refractivity contribution in [1.29, 1.82) is 0 Å². The zero-order valence-electron chi connectivity index (χ0n) is 12.3. The van der Waals surface area contributed by atoms with Crippen LogP contribution in [0.1, 0.15) is 58.3 Å². The van der Waals surface area contributed by atoms with Crippen LogP contribution >= 0.6 is 0 Å². The molecule has 5 nitrogen and oxygen atoms in total. The molecule has 1 heterocycles. The Balaban J connectivity index is 1.92. The van der Waals surface area contributed by atoms with Crippen LogP contribution in [0, 0.1) is 5.92 Å². The zero-order chi connectivity index (χ0) is 14.5. The molecule has 0 aromatic carbocycles. The summed E-state index contributed by atoms with van der Waals surface area (Å²) in [6.45, 7) is 2.65. The van der Waals surface area contributed by atoms with Crippen LogP contribution in [0.25, 0.3) is 0 Å². The number of hydrogen-bond acceptors (Lipinski definition) is 2. The molecule has 2 rings (SSSR count). The summed E-state index contributed by atoms with van der Waals surface area (Å²) in [5.41, 5.74) is 0. The Labute approximate surface area is 120 Å². The molecule has 0 aromatic rings. The number of nitrogens with zero attached hydrogens (tertiary/aromatic N) is 1. The Morgan fingerprint density at radius 2 is 1.90 bits per heavy atom. The van der Waals surface area contributed by atoms with Gasteiger partial charge >= 0.3 is 12.0 Å². The van der Waals surface area contributed by atoms with E-state index in [-0.39, 0.29) is 12.1 Å². The SMILES string of the molecule is CCC(NC(=O)N1CCC[C@@H]1C(=O)O)C1CCCCC1. The quantitative estimate of drug-likeness (QED) is 0.832. The fraction of sp³-hybridized carbons (Fsp3) is 0.867. The lowest BCUT2D eigenvalue weighted by molar-refractivity contribution is -0.141. The third-order valence-electron chi connectivity index (χ3n) is 4.77. The maximum atomic E-state index is 12.3. The van der Waals surface area contributed by atoms with Crippen molar-refractivity contribution in [3.8, 4) is 0 Å². The number of nitrogens with one attached hydrogen (secondary N) is 1. The fourth-order valence-corrected chi connectivity index (χ4v) is 3.60. The third-order valence-corrected chi connectivity index (χ3v) is 4.77. The lowest BCUT2D eigenvalue weighted by Gasteiger charge is -2.32. The maximum absolute atomic E-state index is 12.3.